The van der Waals surface area contributed by atoms with E-state index in [1.807, 2.05) is 12.1 Å². The van der Waals surface area contributed by atoms with Gasteiger partial charge in [0.1, 0.15) is 0 Å². The zero-order valence-electron chi connectivity index (χ0n) is 9.12. The molecule has 0 bridgehead atoms. The molecule has 2 nitrogen and oxygen atoms in total. The largest absolute Gasteiger partial charge is 0.394 e. The van der Waals surface area contributed by atoms with Crippen molar-refractivity contribution in [2.24, 2.45) is 5.73 Å². The summed E-state index contributed by atoms with van der Waals surface area (Å²) in [5, 5.41) is 8.96. The molecule has 3 N–H and O–H groups in total. The molecule has 0 spiro atoms. The van der Waals surface area contributed by atoms with Crippen molar-refractivity contribution < 1.29 is 5.11 Å². The molecule has 0 saturated carbocycles. The molecule has 0 amide bonds. The maximum Gasteiger partial charge on any atom is 0.0624 e. The molecule has 0 radical (unpaired) electrons. The lowest BCUT2D eigenvalue weighted by Crippen LogP contribution is -2.17. The Morgan fingerprint density at radius 1 is 1.36 bits per heavy atom. The second kappa shape index (κ2) is 4.11. The van der Waals surface area contributed by atoms with Gasteiger partial charge in [-0.05, 0) is 16.5 Å². The summed E-state index contributed by atoms with van der Waals surface area (Å²) in [4.78, 5) is 0. The van der Waals surface area contributed by atoms with Crippen LogP contribution < -0.4 is 5.73 Å². The van der Waals surface area contributed by atoms with Gasteiger partial charge in [-0.1, -0.05) is 45.0 Å². The summed E-state index contributed by atoms with van der Waals surface area (Å²) in [7, 11) is 0. The number of aliphatic hydroxyl groups excluding tert-OH is 1. The highest BCUT2D eigenvalue weighted by molar-refractivity contribution is 5.30. The molecule has 14 heavy (non-hydrogen) atoms. The average Bonchev–Trinajstić information content (AvgIpc) is 2.15. The standard InChI is InChI=1S/C12H19NO/c1-12(2,3)10-6-4-5-9(7-10)11(13)8-14/h4-7,11,14H,8,13H2,1-3H3/t11-/m0/s1. The molecule has 0 aliphatic rings. The fourth-order valence-corrected chi connectivity index (χ4v) is 1.34. The van der Waals surface area contributed by atoms with Crippen molar-refractivity contribution in [1.82, 2.24) is 0 Å². The molecule has 78 valence electrons. The van der Waals surface area contributed by atoms with Crippen LogP contribution in [0.25, 0.3) is 0 Å². The summed E-state index contributed by atoms with van der Waals surface area (Å²) >= 11 is 0. The molecule has 0 saturated heterocycles. The van der Waals surface area contributed by atoms with Gasteiger partial charge in [-0.15, -0.1) is 0 Å². The van der Waals surface area contributed by atoms with E-state index in [0.29, 0.717) is 0 Å². The lowest BCUT2D eigenvalue weighted by atomic mass is 9.85. The van der Waals surface area contributed by atoms with Gasteiger partial charge in [0.05, 0.1) is 12.6 Å². The van der Waals surface area contributed by atoms with Crippen molar-refractivity contribution in [3.8, 4) is 0 Å². The second-order valence-electron chi connectivity index (χ2n) is 4.66. The van der Waals surface area contributed by atoms with E-state index in [4.69, 9.17) is 10.8 Å². The van der Waals surface area contributed by atoms with Gasteiger partial charge in [-0.3, -0.25) is 0 Å². The molecule has 1 aromatic carbocycles. The summed E-state index contributed by atoms with van der Waals surface area (Å²) in [5.41, 5.74) is 8.14. The van der Waals surface area contributed by atoms with Gasteiger partial charge in [0.15, 0.2) is 0 Å². The molecular formula is C12H19NO. The van der Waals surface area contributed by atoms with Crippen LogP contribution in [0.1, 0.15) is 37.9 Å². The van der Waals surface area contributed by atoms with Gasteiger partial charge in [-0.25, -0.2) is 0 Å². The van der Waals surface area contributed by atoms with Crippen LogP contribution in [-0.4, -0.2) is 11.7 Å². The quantitative estimate of drug-likeness (QED) is 0.754. The van der Waals surface area contributed by atoms with Crippen molar-refractivity contribution in [3.05, 3.63) is 35.4 Å². The predicted molar refractivity (Wildman–Crippen MR) is 59.2 cm³/mol. The van der Waals surface area contributed by atoms with Crippen LogP contribution in [0.4, 0.5) is 0 Å². The van der Waals surface area contributed by atoms with Gasteiger partial charge in [0.2, 0.25) is 0 Å². The molecule has 0 unspecified atom stereocenters. The van der Waals surface area contributed by atoms with E-state index in [9.17, 15) is 0 Å². The van der Waals surface area contributed by atoms with Crippen LogP contribution in [0.3, 0.4) is 0 Å². The molecular weight excluding hydrogens is 174 g/mol. The fourth-order valence-electron chi connectivity index (χ4n) is 1.34. The molecule has 0 aliphatic heterocycles. The van der Waals surface area contributed by atoms with Crippen LogP contribution in [-0.2, 0) is 5.41 Å². The van der Waals surface area contributed by atoms with E-state index in [1.54, 1.807) is 0 Å². The van der Waals surface area contributed by atoms with Gasteiger partial charge >= 0.3 is 0 Å². The van der Waals surface area contributed by atoms with Crippen LogP contribution in [0.5, 0.6) is 0 Å². The molecule has 1 rings (SSSR count). The molecule has 0 aromatic heterocycles. The van der Waals surface area contributed by atoms with Crippen LogP contribution in [0.2, 0.25) is 0 Å². The third kappa shape index (κ3) is 2.56. The summed E-state index contributed by atoms with van der Waals surface area (Å²) < 4.78 is 0. The van der Waals surface area contributed by atoms with Crippen molar-refractivity contribution in [3.63, 3.8) is 0 Å². The highest BCUT2D eigenvalue weighted by Gasteiger charge is 2.14. The maximum absolute atomic E-state index is 8.96. The van der Waals surface area contributed by atoms with Gasteiger partial charge < -0.3 is 10.8 Å². The van der Waals surface area contributed by atoms with Gasteiger partial charge in [0.25, 0.3) is 0 Å². The summed E-state index contributed by atoms with van der Waals surface area (Å²) in [6.45, 7) is 6.48. The Balaban J connectivity index is 3.01. The van der Waals surface area contributed by atoms with E-state index in [2.05, 4.69) is 32.9 Å². The Bertz CT molecular complexity index is 301. The molecule has 0 heterocycles. The Hall–Kier alpha value is -0.860. The minimum Gasteiger partial charge on any atom is -0.394 e. The van der Waals surface area contributed by atoms with Crippen LogP contribution >= 0.6 is 0 Å². The number of nitrogens with two attached hydrogens (primary N) is 1. The molecule has 0 aliphatic carbocycles. The number of aliphatic hydroxyl groups is 1. The normalized spacial score (nSPS) is 14.1. The highest BCUT2D eigenvalue weighted by atomic mass is 16.3. The zero-order chi connectivity index (χ0) is 10.8. The zero-order valence-corrected chi connectivity index (χ0v) is 9.12. The monoisotopic (exact) mass is 193 g/mol. The summed E-state index contributed by atoms with van der Waals surface area (Å²) in [6.07, 6.45) is 0. The van der Waals surface area contributed by atoms with E-state index >= 15 is 0 Å². The van der Waals surface area contributed by atoms with E-state index in [-0.39, 0.29) is 18.1 Å². The number of rotatable bonds is 2. The predicted octanol–water partition coefficient (Wildman–Crippen LogP) is 1.98. The number of hydrogen-bond acceptors (Lipinski definition) is 2. The Morgan fingerprint density at radius 2 is 2.00 bits per heavy atom. The SMILES string of the molecule is CC(C)(C)c1cccc([C@@H](N)CO)c1. The van der Waals surface area contributed by atoms with Crippen molar-refractivity contribution >= 4 is 0 Å². The Morgan fingerprint density at radius 3 is 2.50 bits per heavy atom. The Kier molecular flexibility index (Phi) is 3.29. The highest BCUT2D eigenvalue weighted by Crippen LogP contribution is 2.24. The lowest BCUT2D eigenvalue weighted by molar-refractivity contribution is 0.268. The van der Waals surface area contributed by atoms with E-state index < -0.39 is 0 Å². The lowest BCUT2D eigenvalue weighted by Gasteiger charge is -2.20. The molecule has 2 heteroatoms. The second-order valence-corrected chi connectivity index (χ2v) is 4.66. The first-order valence-electron chi connectivity index (χ1n) is 4.92. The third-order valence-corrected chi connectivity index (χ3v) is 2.38. The Labute approximate surface area is 85.8 Å². The van der Waals surface area contributed by atoms with Gasteiger partial charge in [-0.2, -0.15) is 0 Å². The molecule has 1 aromatic rings. The minimum absolute atomic E-state index is 0.00635. The molecule has 1 atom stereocenters. The van der Waals surface area contributed by atoms with Crippen molar-refractivity contribution in [1.29, 1.82) is 0 Å². The van der Waals surface area contributed by atoms with Gasteiger partial charge in [0, 0.05) is 0 Å². The average molecular weight is 193 g/mol. The first kappa shape index (κ1) is 11.2. The summed E-state index contributed by atoms with van der Waals surface area (Å²) in [5.74, 6) is 0. The number of benzene rings is 1. The number of hydrogen-bond donors (Lipinski definition) is 2. The topological polar surface area (TPSA) is 46.2 Å². The van der Waals surface area contributed by atoms with E-state index in [1.165, 1.54) is 5.56 Å². The third-order valence-electron chi connectivity index (χ3n) is 2.38. The smallest absolute Gasteiger partial charge is 0.0624 e. The van der Waals surface area contributed by atoms with Crippen molar-refractivity contribution in [2.45, 2.75) is 32.2 Å². The van der Waals surface area contributed by atoms with E-state index in [0.717, 1.165) is 5.56 Å². The first-order valence-corrected chi connectivity index (χ1v) is 4.92. The fraction of sp³-hybridized carbons (Fsp3) is 0.500. The molecule has 0 fully saturated rings. The van der Waals surface area contributed by atoms with Crippen LogP contribution in [0, 0.1) is 0 Å². The maximum atomic E-state index is 8.96. The van der Waals surface area contributed by atoms with Crippen molar-refractivity contribution in [2.75, 3.05) is 6.61 Å². The first-order chi connectivity index (χ1) is 6.45. The van der Waals surface area contributed by atoms with Crippen LogP contribution in [0.15, 0.2) is 24.3 Å². The summed E-state index contributed by atoms with van der Waals surface area (Å²) in [6, 6.07) is 7.84. The minimum atomic E-state index is -0.266.